The predicted octanol–water partition coefficient (Wildman–Crippen LogP) is 3.31. The number of morpholine rings is 1. The number of aromatic nitrogens is 4. The van der Waals surface area contributed by atoms with E-state index in [2.05, 4.69) is 59.5 Å². The number of fused-ring (bicyclic) bond motifs is 1. The van der Waals surface area contributed by atoms with Gasteiger partial charge in [-0.15, -0.1) is 0 Å². The first kappa shape index (κ1) is 25.0. The van der Waals surface area contributed by atoms with Crippen LogP contribution in [0.2, 0.25) is 0 Å². The number of likely N-dealkylation sites (N-methyl/N-ethyl adjacent to an activating group) is 1. The Morgan fingerprint density at radius 3 is 2.37 bits per heavy atom. The summed E-state index contributed by atoms with van der Waals surface area (Å²) < 4.78 is 27.2. The molecule has 1 aliphatic carbocycles. The molecule has 6 rings (SSSR count). The summed E-state index contributed by atoms with van der Waals surface area (Å²) in [6.45, 7) is 5.00. The summed E-state index contributed by atoms with van der Waals surface area (Å²) in [5.41, 5.74) is 2.69. The van der Waals surface area contributed by atoms with Gasteiger partial charge in [0.15, 0.2) is 11.6 Å². The summed E-state index contributed by atoms with van der Waals surface area (Å²) in [5, 5.41) is 6.56. The maximum atomic E-state index is 15.2. The van der Waals surface area contributed by atoms with Crippen LogP contribution >= 0.6 is 0 Å². The SMILES string of the molecule is CN1CC[C@H](Nc2ncnc(N[C@H]3CC[C@@H](Oc4cc(N5CCOCC5)cc5nccnc45)CC3)c2F)C1. The molecule has 3 fully saturated rings. The molecule has 11 heteroatoms. The zero-order chi connectivity index (χ0) is 25.9. The van der Waals surface area contributed by atoms with Crippen molar-refractivity contribution in [2.75, 3.05) is 62.0 Å². The van der Waals surface area contributed by atoms with Crippen LogP contribution in [0.1, 0.15) is 32.1 Å². The Kier molecular flexibility index (Phi) is 7.37. The van der Waals surface area contributed by atoms with E-state index in [1.54, 1.807) is 12.4 Å². The molecule has 0 amide bonds. The van der Waals surface area contributed by atoms with Gasteiger partial charge in [-0.1, -0.05) is 0 Å². The number of ether oxygens (including phenoxy) is 2. The molecule has 1 saturated carbocycles. The fraction of sp³-hybridized carbons (Fsp3) is 0.556. The van der Waals surface area contributed by atoms with Gasteiger partial charge in [-0.25, -0.2) is 15.0 Å². The van der Waals surface area contributed by atoms with Crippen LogP contribution < -0.4 is 20.3 Å². The maximum Gasteiger partial charge on any atom is 0.207 e. The Morgan fingerprint density at radius 1 is 0.895 bits per heavy atom. The van der Waals surface area contributed by atoms with Crippen molar-refractivity contribution in [2.24, 2.45) is 0 Å². The molecular formula is C27H35FN8O2. The Hall–Kier alpha value is -3.31. The molecule has 2 aliphatic heterocycles. The molecule has 2 saturated heterocycles. The van der Waals surface area contributed by atoms with Crippen molar-refractivity contribution >= 4 is 28.4 Å². The predicted molar refractivity (Wildman–Crippen MR) is 144 cm³/mol. The molecule has 38 heavy (non-hydrogen) atoms. The van der Waals surface area contributed by atoms with Crippen molar-refractivity contribution in [3.63, 3.8) is 0 Å². The van der Waals surface area contributed by atoms with Crippen LogP contribution in [0.4, 0.5) is 21.7 Å². The van der Waals surface area contributed by atoms with Gasteiger partial charge < -0.3 is 29.9 Å². The van der Waals surface area contributed by atoms with E-state index in [9.17, 15) is 0 Å². The molecule has 3 aliphatic rings. The van der Waals surface area contributed by atoms with Crippen LogP contribution in [0.5, 0.6) is 5.75 Å². The van der Waals surface area contributed by atoms with Crippen molar-refractivity contribution in [3.8, 4) is 5.75 Å². The number of rotatable bonds is 7. The monoisotopic (exact) mass is 522 g/mol. The quantitative estimate of drug-likeness (QED) is 0.481. The lowest BCUT2D eigenvalue weighted by atomic mass is 9.93. The van der Waals surface area contributed by atoms with Gasteiger partial charge in [0.25, 0.3) is 0 Å². The minimum absolute atomic E-state index is 0.0602. The van der Waals surface area contributed by atoms with Crippen molar-refractivity contribution in [1.29, 1.82) is 0 Å². The highest BCUT2D eigenvalue weighted by molar-refractivity contribution is 5.85. The molecule has 10 nitrogen and oxygen atoms in total. The molecule has 2 aromatic heterocycles. The van der Waals surface area contributed by atoms with E-state index < -0.39 is 5.82 Å². The smallest absolute Gasteiger partial charge is 0.207 e. The van der Waals surface area contributed by atoms with Crippen LogP contribution in [0, 0.1) is 5.82 Å². The molecule has 4 heterocycles. The first-order chi connectivity index (χ1) is 18.6. The molecule has 2 N–H and O–H groups in total. The van der Waals surface area contributed by atoms with Gasteiger partial charge in [0.2, 0.25) is 5.82 Å². The Morgan fingerprint density at radius 2 is 1.63 bits per heavy atom. The summed E-state index contributed by atoms with van der Waals surface area (Å²) in [5.74, 6) is 0.889. The van der Waals surface area contributed by atoms with E-state index in [1.165, 1.54) is 6.33 Å². The van der Waals surface area contributed by atoms with Gasteiger partial charge in [-0.2, -0.15) is 4.39 Å². The standard InChI is InChI=1S/C27H35FN8O2/c1-35-9-6-19(16-35)34-27-24(28)26(31-17-32-27)33-18-2-4-21(5-3-18)38-23-15-20(36-10-12-37-13-11-36)14-22-25(23)30-8-7-29-22/h7-8,14-15,17-19,21H,2-6,9-13,16H2,1H3,(H2,31,32,33,34)/t18-,19-,21+/m0/s1. The molecule has 0 unspecified atom stereocenters. The second-order valence-electron chi connectivity index (χ2n) is 10.5. The second-order valence-corrected chi connectivity index (χ2v) is 10.5. The zero-order valence-corrected chi connectivity index (χ0v) is 21.8. The summed E-state index contributed by atoms with van der Waals surface area (Å²) in [7, 11) is 2.07. The van der Waals surface area contributed by atoms with Crippen molar-refractivity contribution in [1.82, 2.24) is 24.8 Å². The molecule has 202 valence electrons. The molecule has 0 radical (unpaired) electrons. The third kappa shape index (κ3) is 5.58. The van der Waals surface area contributed by atoms with Crippen LogP contribution in [-0.4, -0.2) is 89.5 Å². The van der Waals surface area contributed by atoms with E-state index >= 15 is 4.39 Å². The molecular weight excluding hydrogens is 487 g/mol. The number of hydrogen-bond donors (Lipinski definition) is 2. The van der Waals surface area contributed by atoms with Gasteiger partial charge in [0.05, 0.1) is 24.8 Å². The second kappa shape index (κ2) is 11.2. The van der Waals surface area contributed by atoms with E-state index in [-0.39, 0.29) is 29.8 Å². The lowest BCUT2D eigenvalue weighted by Gasteiger charge is -2.31. The summed E-state index contributed by atoms with van der Waals surface area (Å²) in [6.07, 6.45) is 9.30. The minimum Gasteiger partial charge on any atom is -0.488 e. The van der Waals surface area contributed by atoms with Crippen LogP contribution in [-0.2, 0) is 4.74 Å². The number of benzene rings is 1. The van der Waals surface area contributed by atoms with E-state index in [1.807, 2.05) is 0 Å². The zero-order valence-electron chi connectivity index (χ0n) is 21.8. The minimum atomic E-state index is -0.412. The highest BCUT2D eigenvalue weighted by atomic mass is 19.1. The fourth-order valence-electron chi connectivity index (χ4n) is 5.64. The number of nitrogens with one attached hydrogen (secondary N) is 2. The molecule has 0 spiro atoms. The Bertz CT molecular complexity index is 1250. The van der Waals surface area contributed by atoms with E-state index in [0.29, 0.717) is 13.2 Å². The number of hydrogen-bond acceptors (Lipinski definition) is 10. The van der Waals surface area contributed by atoms with Crippen molar-refractivity contribution < 1.29 is 13.9 Å². The average Bonchev–Trinajstić information content (AvgIpc) is 3.36. The van der Waals surface area contributed by atoms with Gasteiger partial charge in [0, 0.05) is 55.9 Å². The maximum absolute atomic E-state index is 15.2. The number of anilines is 3. The van der Waals surface area contributed by atoms with Gasteiger partial charge in [-0.3, -0.25) is 4.98 Å². The van der Waals surface area contributed by atoms with Crippen LogP contribution in [0.3, 0.4) is 0 Å². The van der Waals surface area contributed by atoms with Crippen LogP contribution in [0.25, 0.3) is 11.0 Å². The highest BCUT2D eigenvalue weighted by Crippen LogP contribution is 2.33. The molecule has 3 aromatic rings. The van der Waals surface area contributed by atoms with Gasteiger partial charge >= 0.3 is 0 Å². The number of likely N-dealkylation sites (tertiary alicyclic amines) is 1. The van der Waals surface area contributed by atoms with Crippen molar-refractivity contribution in [3.05, 3.63) is 36.7 Å². The summed E-state index contributed by atoms with van der Waals surface area (Å²) >= 11 is 0. The van der Waals surface area contributed by atoms with Gasteiger partial charge in [0.1, 0.15) is 17.6 Å². The largest absolute Gasteiger partial charge is 0.488 e. The summed E-state index contributed by atoms with van der Waals surface area (Å²) in [6, 6.07) is 4.49. The Labute approximate surface area is 222 Å². The normalized spacial score (nSPS) is 24.5. The lowest BCUT2D eigenvalue weighted by molar-refractivity contribution is 0.122. The molecule has 1 atom stereocenters. The van der Waals surface area contributed by atoms with Crippen LogP contribution in [0.15, 0.2) is 30.9 Å². The van der Waals surface area contributed by atoms with Crippen molar-refractivity contribution in [2.45, 2.75) is 50.3 Å². The number of halogens is 1. The third-order valence-electron chi connectivity index (χ3n) is 7.73. The third-order valence-corrected chi connectivity index (χ3v) is 7.73. The number of nitrogens with zero attached hydrogens (tertiary/aromatic N) is 6. The fourth-order valence-corrected chi connectivity index (χ4v) is 5.64. The first-order valence-corrected chi connectivity index (χ1v) is 13.6. The van der Waals surface area contributed by atoms with Gasteiger partial charge in [-0.05, 0) is 51.8 Å². The Balaban J connectivity index is 1.09. The first-order valence-electron chi connectivity index (χ1n) is 13.6. The topological polar surface area (TPSA) is 101 Å². The van der Waals surface area contributed by atoms with E-state index in [0.717, 1.165) is 80.8 Å². The molecule has 1 aromatic carbocycles. The summed E-state index contributed by atoms with van der Waals surface area (Å²) in [4.78, 5) is 22.0. The lowest BCUT2D eigenvalue weighted by Crippen LogP contribution is -2.36. The highest BCUT2D eigenvalue weighted by Gasteiger charge is 2.26. The van der Waals surface area contributed by atoms with E-state index in [4.69, 9.17) is 9.47 Å². The average molecular weight is 523 g/mol. The molecule has 0 bridgehead atoms.